The molecule has 1 atom stereocenters. The minimum atomic E-state index is -0.464. The first-order valence-electron chi connectivity index (χ1n) is 9.14. The van der Waals surface area contributed by atoms with Crippen LogP contribution in [0.2, 0.25) is 0 Å². The van der Waals surface area contributed by atoms with Crippen molar-refractivity contribution in [3.8, 4) is 11.3 Å². The SMILES string of the molecule is BC(B)(Cl)c1c(C)cc(-c2c(CC)cccc2CC)nc1CC(C)Cl. The largest absolute Gasteiger partial charge is 0.252 e. The van der Waals surface area contributed by atoms with E-state index in [1.54, 1.807) is 0 Å². The zero-order chi connectivity index (χ0) is 18.8. The molecule has 0 saturated carbocycles. The summed E-state index contributed by atoms with van der Waals surface area (Å²) in [4.78, 5) is 5.06. The second kappa shape index (κ2) is 8.18. The van der Waals surface area contributed by atoms with Gasteiger partial charge in [0, 0.05) is 27.7 Å². The third-order valence-corrected chi connectivity index (χ3v) is 4.96. The van der Waals surface area contributed by atoms with Crippen LogP contribution in [0, 0.1) is 6.92 Å². The van der Waals surface area contributed by atoms with Crippen molar-refractivity contribution in [2.75, 3.05) is 0 Å². The minimum Gasteiger partial charge on any atom is -0.252 e. The van der Waals surface area contributed by atoms with Gasteiger partial charge >= 0.3 is 0 Å². The van der Waals surface area contributed by atoms with Crippen molar-refractivity contribution in [3.63, 3.8) is 0 Å². The molecule has 0 N–H and O–H groups in total. The van der Waals surface area contributed by atoms with Gasteiger partial charge < -0.3 is 0 Å². The molecule has 0 fully saturated rings. The predicted octanol–water partition coefficient (Wildman–Crippen LogP) is 3.97. The normalized spacial score (nSPS) is 13.0. The first-order chi connectivity index (χ1) is 11.7. The van der Waals surface area contributed by atoms with E-state index in [1.165, 1.54) is 22.3 Å². The van der Waals surface area contributed by atoms with Crippen LogP contribution in [-0.2, 0) is 23.9 Å². The molecular formula is C20H27B2Cl2N. The summed E-state index contributed by atoms with van der Waals surface area (Å²) < 4.78 is -0.464. The highest BCUT2D eigenvalue weighted by Crippen LogP contribution is 2.34. The van der Waals surface area contributed by atoms with Crippen molar-refractivity contribution in [3.05, 3.63) is 52.2 Å². The maximum atomic E-state index is 6.68. The number of benzene rings is 1. The van der Waals surface area contributed by atoms with E-state index in [0.29, 0.717) is 0 Å². The van der Waals surface area contributed by atoms with Gasteiger partial charge in [0.15, 0.2) is 0 Å². The van der Waals surface area contributed by atoms with Crippen molar-refractivity contribution in [1.29, 1.82) is 0 Å². The lowest BCUT2D eigenvalue weighted by atomic mass is 9.63. The van der Waals surface area contributed by atoms with Gasteiger partial charge in [-0.05, 0) is 55.0 Å². The van der Waals surface area contributed by atoms with Crippen LogP contribution in [0.3, 0.4) is 0 Å². The van der Waals surface area contributed by atoms with Crippen molar-refractivity contribution in [1.82, 2.24) is 4.98 Å². The molecule has 1 nitrogen and oxygen atoms in total. The Morgan fingerprint density at radius 3 is 2.16 bits per heavy atom. The fourth-order valence-corrected chi connectivity index (χ4v) is 4.07. The molecule has 1 unspecified atom stereocenters. The highest BCUT2D eigenvalue weighted by molar-refractivity contribution is 6.61. The van der Waals surface area contributed by atoms with E-state index in [2.05, 4.69) is 45.0 Å². The molecule has 0 aliphatic carbocycles. The highest BCUT2D eigenvalue weighted by Gasteiger charge is 2.26. The van der Waals surface area contributed by atoms with Crippen LogP contribution in [0.15, 0.2) is 24.3 Å². The second-order valence-electron chi connectivity index (χ2n) is 7.26. The summed E-state index contributed by atoms with van der Waals surface area (Å²) in [6.45, 7) is 8.53. The number of rotatable bonds is 6. The standard InChI is InChI=1S/C20H27B2Cl2N/c1-5-14-8-7-9-15(6-2)18(14)16-10-12(3)19(20(21,22)24)17(25-16)11-13(4)23/h7-10,13H,5-6,11,21-22H2,1-4H3. The predicted molar refractivity (Wildman–Crippen MR) is 117 cm³/mol. The Bertz CT molecular complexity index is 730. The van der Waals surface area contributed by atoms with Crippen molar-refractivity contribution < 1.29 is 0 Å². The maximum absolute atomic E-state index is 6.68. The number of aryl methyl sites for hydroxylation is 3. The molecule has 0 radical (unpaired) electrons. The summed E-state index contributed by atoms with van der Waals surface area (Å²) in [5.41, 5.74) is 8.32. The van der Waals surface area contributed by atoms with Gasteiger partial charge in [-0.1, -0.05) is 32.0 Å². The molecule has 132 valence electrons. The third kappa shape index (κ3) is 4.63. The first-order valence-corrected chi connectivity index (χ1v) is 9.95. The lowest BCUT2D eigenvalue weighted by Gasteiger charge is -2.25. The molecule has 0 aliphatic rings. The molecule has 0 saturated heterocycles. The van der Waals surface area contributed by atoms with Crippen LogP contribution < -0.4 is 0 Å². The topological polar surface area (TPSA) is 12.9 Å². The maximum Gasteiger partial charge on any atom is 0.123 e. The molecule has 2 rings (SSSR count). The van der Waals surface area contributed by atoms with Gasteiger partial charge in [-0.3, -0.25) is 4.98 Å². The quantitative estimate of drug-likeness (QED) is 0.551. The molecule has 2 aromatic rings. The fraction of sp³-hybridized carbons (Fsp3) is 0.450. The van der Waals surface area contributed by atoms with Gasteiger partial charge in [0.25, 0.3) is 0 Å². The lowest BCUT2D eigenvalue weighted by molar-refractivity contribution is 0.864. The van der Waals surface area contributed by atoms with Crippen molar-refractivity contribution in [2.24, 2.45) is 0 Å². The molecular weight excluding hydrogens is 347 g/mol. The third-order valence-electron chi connectivity index (χ3n) is 4.62. The van der Waals surface area contributed by atoms with Crippen molar-refractivity contribution >= 4 is 38.9 Å². The van der Waals surface area contributed by atoms with Crippen LogP contribution in [0.1, 0.15) is 48.7 Å². The number of hydrogen-bond donors (Lipinski definition) is 0. The molecule has 0 spiro atoms. The van der Waals surface area contributed by atoms with Crippen LogP contribution in [-0.4, -0.2) is 26.1 Å². The average Bonchev–Trinajstić information content (AvgIpc) is 2.51. The molecule has 1 aromatic carbocycles. The zero-order valence-electron chi connectivity index (χ0n) is 16.2. The Labute approximate surface area is 164 Å². The van der Waals surface area contributed by atoms with E-state index in [-0.39, 0.29) is 5.38 Å². The average molecular weight is 374 g/mol. The number of nitrogens with zero attached hydrogens (tertiary/aromatic N) is 1. The van der Waals surface area contributed by atoms with Crippen LogP contribution >= 0.6 is 23.2 Å². The minimum absolute atomic E-state index is 0.0204. The van der Waals surface area contributed by atoms with Crippen LogP contribution in [0.4, 0.5) is 0 Å². The van der Waals surface area contributed by atoms with Crippen LogP contribution in [0.5, 0.6) is 0 Å². The summed E-state index contributed by atoms with van der Waals surface area (Å²) in [6, 6.07) is 8.74. The van der Waals surface area contributed by atoms with E-state index < -0.39 is 4.67 Å². The van der Waals surface area contributed by atoms with Gasteiger partial charge in [-0.25, -0.2) is 0 Å². The number of alkyl halides is 2. The Morgan fingerprint density at radius 2 is 1.72 bits per heavy atom. The summed E-state index contributed by atoms with van der Waals surface area (Å²) >= 11 is 13.0. The van der Waals surface area contributed by atoms with Gasteiger partial charge in [0.1, 0.15) is 15.7 Å². The molecule has 0 amide bonds. The smallest absolute Gasteiger partial charge is 0.123 e. The summed E-state index contributed by atoms with van der Waals surface area (Å²) in [5, 5.41) is 0.0204. The molecule has 25 heavy (non-hydrogen) atoms. The number of halogens is 2. The second-order valence-corrected chi connectivity index (χ2v) is 8.95. The summed E-state index contributed by atoms with van der Waals surface area (Å²) in [6.07, 6.45) is 2.71. The monoisotopic (exact) mass is 373 g/mol. The Kier molecular flexibility index (Phi) is 6.68. The molecule has 0 aliphatic heterocycles. The Hall–Kier alpha value is -0.920. The van der Waals surface area contributed by atoms with Crippen LogP contribution in [0.25, 0.3) is 11.3 Å². The van der Waals surface area contributed by atoms with Crippen molar-refractivity contribution in [2.45, 2.75) is 57.0 Å². The number of pyridine rings is 1. The molecule has 1 aromatic heterocycles. The summed E-state index contributed by atoms with van der Waals surface area (Å²) in [5.74, 6) is 0. The number of aromatic nitrogens is 1. The zero-order valence-corrected chi connectivity index (χ0v) is 17.7. The van der Waals surface area contributed by atoms with Gasteiger partial charge in [-0.15, -0.1) is 23.2 Å². The van der Waals surface area contributed by atoms with E-state index in [9.17, 15) is 0 Å². The molecule has 1 heterocycles. The van der Waals surface area contributed by atoms with Gasteiger partial charge in [0.2, 0.25) is 0 Å². The van der Waals surface area contributed by atoms with E-state index in [1.807, 2.05) is 22.6 Å². The van der Waals surface area contributed by atoms with Gasteiger partial charge in [0.05, 0.1) is 5.69 Å². The fourth-order valence-electron chi connectivity index (χ4n) is 3.66. The Balaban J connectivity index is 2.75. The van der Waals surface area contributed by atoms with Gasteiger partial charge in [-0.2, -0.15) is 0 Å². The lowest BCUT2D eigenvalue weighted by Crippen LogP contribution is -2.24. The molecule has 0 bridgehead atoms. The molecule has 5 heteroatoms. The number of hydrogen-bond acceptors (Lipinski definition) is 1. The van der Waals surface area contributed by atoms with E-state index in [0.717, 1.165) is 36.2 Å². The highest BCUT2D eigenvalue weighted by atomic mass is 35.5. The van der Waals surface area contributed by atoms with E-state index in [4.69, 9.17) is 28.2 Å². The van der Waals surface area contributed by atoms with E-state index >= 15 is 0 Å². The summed E-state index contributed by atoms with van der Waals surface area (Å²) in [7, 11) is 4.05. The first kappa shape index (κ1) is 20.4. The Morgan fingerprint density at radius 1 is 1.16 bits per heavy atom.